The van der Waals surface area contributed by atoms with Crippen molar-refractivity contribution in [1.29, 1.82) is 0 Å². The molecule has 7 unspecified atom stereocenters. The van der Waals surface area contributed by atoms with Gasteiger partial charge in [-0.3, -0.25) is 0 Å². The second-order valence-electron chi connectivity index (χ2n) is 15.7. The van der Waals surface area contributed by atoms with Gasteiger partial charge in [-0.2, -0.15) is 0 Å². The van der Waals surface area contributed by atoms with Gasteiger partial charge < -0.3 is 37.8 Å². The van der Waals surface area contributed by atoms with Crippen LogP contribution < -0.4 is 138 Å². The van der Waals surface area contributed by atoms with Gasteiger partial charge >= 0.3 is 118 Å². The fourth-order valence-corrected chi connectivity index (χ4v) is 13.2. The van der Waals surface area contributed by atoms with Crippen LogP contribution in [0.1, 0.15) is 106 Å². The fourth-order valence-electron chi connectivity index (χ4n) is 12.1. The Morgan fingerprint density at radius 1 is 0.750 bits per heavy atom. The van der Waals surface area contributed by atoms with Crippen molar-refractivity contribution < 1.29 is 156 Å². The van der Waals surface area contributed by atoms with Crippen LogP contribution in [0.4, 0.5) is 0 Å². The summed E-state index contributed by atoms with van der Waals surface area (Å²) in [5, 5.41) is 0. The van der Waals surface area contributed by atoms with Gasteiger partial charge in [-0.1, -0.05) is 46.8 Å². The average molecular weight is 691 g/mol. The molecule has 0 amide bonds. The normalized spacial score (nSPS) is 44.0. The van der Waals surface area contributed by atoms with Gasteiger partial charge in [0, 0.05) is 0 Å². The standard InChI is InChI=1S/C30H52O8P2.4Na/c1-19(2)20-10-15-30(18-37-39(31,32)33)17-16-28(6)21(25(20)30)8-9-23-27(5)13-12-24(38-40(34,35)36)26(3,4)22(27)11-14-29(23,28)7;;;;/h20-25H,1,8-18H2,2-7H3,(H2,31,32,33)(H2,34,35,36);;;;/q;4*+1/p-4/t20?,21?,22?,23?,24?,25?,27-,28-,29+,30?;;;;/m0..../s1. The number of hydrogen-bond acceptors (Lipinski definition) is 8. The third-order valence-corrected chi connectivity index (χ3v) is 14.9. The van der Waals surface area contributed by atoms with Crippen molar-refractivity contribution >= 4 is 15.6 Å². The molecule has 0 aromatic rings. The summed E-state index contributed by atoms with van der Waals surface area (Å²) in [5.41, 5.74) is 0.478. The molecule has 0 bridgehead atoms. The van der Waals surface area contributed by atoms with E-state index in [0.717, 1.165) is 63.4 Å². The molecule has 5 fully saturated rings. The van der Waals surface area contributed by atoms with Crippen molar-refractivity contribution in [3.8, 4) is 0 Å². The van der Waals surface area contributed by atoms with Crippen LogP contribution in [-0.4, -0.2) is 12.7 Å². The first-order valence-electron chi connectivity index (χ1n) is 15.2. The van der Waals surface area contributed by atoms with Crippen molar-refractivity contribution in [2.45, 2.75) is 112 Å². The van der Waals surface area contributed by atoms with E-state index in [1.165, 1.54) is 0 Å². The Kier molecular flexibility index (Phi) is 16.2. The number of phosphoric ester groups is 2. The SMILES string of the molecule is C=C(C)C1CCC2(COP(=O)([O-])[O-])CC[C@@]3(C)C(CCC4[C@@]5(C)CCC(OP(=O)([O-])[O-])C(C)(C)C5CC[C@]43C)C12.[Na+].[Na+].[Na+].[Na+]. The Balaban J connectivity index is 0.00000242. The molecule has 0 heterocycles. The Morgan fingerprint density at radius 3 is 1.91 bits per heavy atom. The summed E-state index contributed by atoms with van der Waals surface area (Å²) < 4.78 is 33.3. The Morgan fingerprint density at radius 2 is 1.36 bits per heavy atom. The minimum absolute atomic E-state index is 0. The van der Waals surface area contributed by atoms with E-state index in [0.29, 0.717) is 24.2 Å². The van der Waals surface area contributed by atoms with Crippen LogP contribution >= 0.6 is 15.6 Å². The van der Waals surface area contributed by atoms with E-state index in [2.05, 4.69) is 48.1 Å². The first-order chi connectivity index (χ1) is 18.2. The maximum Gasteiger partial charge on any atom is 1.00 e. The molecular weight excluding hydrogens is 642 g/mol. The summed E-state index contributed by atoms with van der Waals surface area (Å²) in [6.45, 7) is 18.0. The van der Waals surface area contributed by atoms with Crippen molar-refractivity contribution in [2.75, 3.05) is 6.61 Å². The van der Waals surface area contributed by atoms with Gasteiger partial charge in [0.1, 0.15) is 0 Å². The summed E-state index contributed by atoms with van der Waals surface area (Å²) in [6.07, 6.45) is 8.53. The van der Waals surface area contributed by atoms with E-state index >= 15 is 0 Å². The van der Waals surface area contributed by atoms with Gasteiger partial charge in [-0.25, -0.2) is 0 Å². The van der Waals surface area contributed by atoms with E-state index in [4.69, 9.17) is 9.05 Å². The molecule has 5 rings (SSSR count). The quantitative estimate of drug-likeness (QED) is 0.152. The second kappa shape index (κ2) is 15.5. The molecular formula is C30H48Na4O8P2. The average Bonchev–Trinajstić information content (AvgIpc) is 3.19. The summed E-state index contributed by atoms with van der Waals surface area (Å²) in [5.74, 6) is 1.61. The number of allylic oxidation sites excluding steroid dienone is 1. The zero-order chi connectivity index (χ0) is 29.7. The molecule has 5 saturated carbocycles. The Bertz CT molecular complexity index is 1150. The molecule has 0 aliphatic heterocycles. The molecule has 0 saturated heterocycles. The maximum atomic E-state index is 11.6. The summed E-state index contributed by atoms with van der Waals surface area (Å²) in [6, 6.07) is 0. The molecule has 0 aromatic heterocycles. The van der Waals surface area contributed by atoms with Crippen LogP contribution in [0.25, 0.3) is 0 Å². The van der Waals surface area contributed by atoms with E-state index in [1.807, 2.05) is 0 Å². The van der Waals surface area contributed by atoms with Crippen molar-refractivity contribution in [2.24, 2.45) is 56.7 Å². The number of hydrogen-bond donors (Lipinski definition) is 0. The van der Waals surface area contributed by atoms with E-state index in [1.54, 1.807) is 0 Å². The van der Waals surface area contributed by atoms with Gasteiger partial charge in [0.2, 0.25) is 0 Å². The zero-order valence-electron chi connectivity index (χ0n) is 29.1. The molecule has 0 spiro atoms. The molecule has 5 aliphatic carbocycles. The minimum atomic E-state index is -5.08. The van der Waals surface area contributed by atoms with Crippen LogP contribution in [-0.2, 0) is 18.2 Å². The first kappa shape index (κ1) is 46.0. The number of phosphoric acid groups is 2. The van der Waals surface area contributed by atoms with Gasteiger partial charge in [0.15, 0.2) is 0 Å². The Labute approximate surface area is 354 Å². The molecule has 8 nitrogen and oxygen atoms in total. The molecule has 5 aliphatic rings. The van der Waals surface area contributed by atoms with Crippen LogP contribution in [0.2, 0.25) is 0 Å². The van der Waals surface area contributed by atoms with Crippen molar-refractivity contribution in [3.05, 3.63) is 12.2 Å². The summed E-state index contributed by atoms with van der Waals surface area (Å²) in [4.78, 5) is 46.3. The molecule has 14 heteroatoms. The second-order valence-corrected chi connectivity index (χ2v) is 17.9. The smallest absolute Gasteiger partial charge is 0.790 e. The predicted octanol–water partition coefficient (Wildman–Crippen LogP) is -7.28. The molecule has 44 heavy (non-hydrogen) atoms. The fraction of sp³-hybridized carbons (Fsp3) is 0.933. The number of rotatable bonds is 6. The van der Waals surface area contributed by atoms with Gasteiger partial charge in [-0.15, -0.1) is 0 Å². The van der Waals surface area contributed by atoms with Crippen LogP contribution in [0, 0.1) is 56.7 Å². The van der Waals surface area contributed by atoms with Gasteiger partial charge in [0.25, 0.3) is 0 Å². The Hall–Kier alpha value is 3.96. The minimum Gasteiger partial charge on any atom is -0.790 e. The first-order valence-corrected chi connectivity index (χ1v) is 18.1. The monoisotopic (exact) mass is 690 g/mol. The molecule has 230 valence electrons. The van der Waals surface area contributed by atoms with Gasteiger partial charge in [-0.05, 0) is 128 Å². The van der Waals surface area contributed by atoms with Crippen molar-refractivity contribution in [1.82, 2.24) is 0 Å². The topological polar surface area (TPSA) is 145 Å². The van der Waals surface area contributed by atoms with Crippen molar-refractivity contribution in [3.63, 3.8) is 0 Å². The van der Waals surface area contributed by atoms with Crippen LogP contribution in [0.3, 0.4) is 0 Å². The van der Waals surface area contributed by atoms with Crippen LogP contribution in [0.5, 0.6) is 0 Å². The van der Waals surface area contributed by atoms with Crippen LogP contribution in [0.15, 0.2) is 12.2 Å². The van der Waals surface area contributed by atoms with E-state index in [9.17, 15) is 28.7 Å². The van der Waals surface area contributed by atoms with E-state index in [-0.39, 0.29) is 158 Å². The molecule has 0 aromatic carbocycles. The third kappa shape index (κ3) is 7.83. The largest absolute Gasteiger partial charge is 1.00 e. The summed E-state index contributed by atoms with van der Waals surface area (Å²) in [7, 11) is -10.1. The molecule has 0 radical (unpaired) electrons. The van der Waals surface area contributed by atoms with Gasteiger partial charge in [0.05, 0.1) is 28.4 Å². The van der Waals surface area contributed by atoms with E-state index < -0.39 is 27.2 Å². The maximum absolute atomic E-state index is 11.6. The third-order valence-electron chi connectivity index (χ3n) is 13.9. The molecule has 10 atom stereocenters. The number of fused-ring (bicyclic) bond motifs is 7. The summed E-state index contributed by atoms with van der Waals surface area (Å²) >= 11 is 0. The zero-order valence-corrected chi connectivity index (χ0v) is 38.9. The predicted molar refractivity (Wildman–Crippen MR) is 145 cm³/mol. The molecule has 0 N–H and O–H groups in total.